The van der Waals surface area contributed by atoms with Crippen LogP contribution in [0.4, 0.5) is 5.82 Å². The van der Waals surface area contributed by atoms with Gasteiger partial charge in [-0.15, -0.1) is 21.5 Å². The van der Waals surface area contributed by atoms with E-state index in [1.807, 2.05) is 11.4 Å². The third-order valence-corrected chi connectivity index (χ3v) is 4.51. The highest BCUT2D eigenvalue weighted by Gasteiger charge is 2.19. The highest BCUT2D eigenvalue weighted by Crippen LogP contribution is 2.31. The molecule has 6 heteroatoms. The van der Waals surface area contributed by atoms with Crippen LogP contribution in [0, 0.1) is 0 Å². The Morgan fingerprint density at radius 2 is 2.39 bits per heavy atom. The van der Waals surface area contributed by atoms with Crippen LogP contribution in [-0.4, -0.2) is 41.3 Å². The van der Waals surface area contributed by atoms with Gasteiger partial charge in [0.2, 0.25) is 0 Å². The number of nitrogens with zero attached hydrogens (tertiary/aromatic N) is 3. The monoisotopic (exact) mass is 282 g/mol. The predicted octanol–water partition coefficient (Wildman–Crippen LogP) is 2.85. The molecule has 0 aliphatic carbocycles. The number of nitrogens with one attached hydrogen (secondary N) is 1. The Hall–Kier alpha value is -0.910. The van der Waals surface area contributed by atoms with Crippen LogP contribution in [0.1, 0.15) is 12.8 Å². The van der Waals surface area contributed by atoms with Gasteiger partial charge in [0, 0.05) is 18.0 Å². The molecule has 2 aromatic heterocycles. The van der Waals surface area contributed by atoms with Crippen LogP contribution in [0.2, 0.25) is 5.15 Å². The molecule has 1 saturated heterocycles. The van der Waals surface area contributed by atoms with Crippen LogP contribution < -0.4 is 5.32 Å². The van der Waals surface area contributed by atoms with Gasteiger partial charge < -0.3 is 10.2 Å². The average molecular weight is 283 g/mol. The maximum Gasteiger partial charge on any atom is 0.167 e. The lowest BCUT2D eigenvalue weighted by molar-refractivity contribution is 0.261. The molecular formula is C12H15ClN4S. The lowest BCUT2D eigenvalue weighted by atomic mass is 10.1. The summed E-state index contributed by atoms with van der Waals surface area (Å²) in [6, 6.07) is 2.44. The second-order valence-corrected chi connectivity index (χ2v) is 6.02. The minimum Gasteiger partial charge on any atom is -0.363 e. The van der Waals surface area contributed by atoms with Crippen molar-refractivity contribution in [2.75, 3.05) is 25.5 Å². The van der Waals surface area contributed by atoms with Gasteiger partial charge in [-0.05, 0) is 37.9 Å². The first-order chi connectivity index (χ1) is 8.74. The van der Waals surface area contributed by atoms with E-state index in [0.29, 0.717) is 11.2 Å². The maximum atomic E-state index is 6.03. The minimum atomic E-state index is 0.449. The van der Waals surface area contributed by atoms with Crippen molar-refractivity contribution in [1.82, 2.24) is 15.1 Å². The maximum absolute atomic E-state index is 6.03. The molecule has 3 rings (SSSR count). The molecule has 0 bridgehead atoms. The first-order valence-electron chi connectivity index (χ1n) is 6.08. The number of anilines is 1. The second-order valence-electron chi connectivity index (χ2n) is 4.75. The summed E-state index contributed by atoms with van der Waals surface area (Å²) < 4.78 is 1.10. The molecule has 0 saturated carbocycles. The Kier molecular flexibility index (Phi) is 3.37. The van der Waals surface area contributed by atoms with Crippen LogP contribution in [0.25, 0.3) is 10.1 Å². The third kappa shape index (κ3) is 2.30. The quantitative estimate of drug-likeness (QED) is 0.920. The molecule has 0 spiro atoms. The Bertz CT molecular complexity index is 556. The highest BCUT2D eigenvalue weighted by atomic mass is 35.5. The first kappa shape index (κ1) is 12.1. The van der Waals surface area contributed by atoms with Crippen molar-refractivity contribution in [2.24, 2.45) is 0 Å². The van der Waals surface area contributed by atoms with E-state index < -0.39 is 0 Å². The molecular weight excluding hydrogens is 268 g/mol. The Morgan fingerprint density at radius 1 is 1.50 bits per heavy atom. The first-order valence-corrected chi connectivity index (χ1v) is 7.34. The number of likely N-dealkylation sites (tertiary alicyclic amines) is 1. The molecule has 0 radical (unpaired) electrons. The molecule has 1 atom stereocenters. The van der Waals surface area contributed by atoms with Gasteiger partial charge in [-0.2, -0.15) is 0 Å². The zero-order valence-corrected chi connectivity index (χ0v) is 11.8. The van der Waals surface area contributed by atoms with Gasteiger partial charge in [-0.1, -0.05) is 11.6 Å². The molecule has 18 heavy (non-hydrogen) atoms. The molecule has 0 aromatic carbocycles. The largest absolute Gasteiger partial charge is 0.363 e. The standard InChI is InChI=1S/C12H15ClN4S/c1-17-5-2-3-8(7-17)14-12-10-9(4-6-18-10)11(13)15-16-12/h4,6,8H,2-3,5,7H2,1H3,(H,14,16)/t8-/m1/s1. The lowest BCUT2D eigenvalue weighted by Gasteiger charge is -2.30. The SMILES string of the molecule is CN1CCC[C@@H](Nc2nnc(Cl)c3ccsc23)C1. The minimum absolute atomic E-state index is 0.449. The van der Waals surface area contributed by atoms with Crippen LogP contribution in [0.3, 0.4) is 0 Å². The number of likely N-dealkylation sites (N-methyl/N-ethyl adjacent to an activating group) is 1. The van der Waals surface area contributed by atoms with E-state index >= 15 is 0 Å². The Balaban J connectivity index is 1.86. The average Bonchev–Trinajstić information content (AvgIpc) is 2.83. The topological polar surface area (TPSA) is 41.0 Å². The molecule has 0 amide bonds. The molecule has 96 valence electrons. The smallest absolute Gasteiger partial charge is 0.167 e. The van der Waals surface area contributed by atoms with Crippen LogP contribution in [-0.2, 0) is 0 Å². The fourth-order valence-corrected chi connectivity index (χ4v) is 3.51. The molecule has 2 aromatic rings. The number of aromatic nitrogens is 2. The van der Waals surface area contributed by atoms with Gasteiger partial charge in [0.25, 0.3) is 0 Å². The highest BCUT2D eigenvalue weighted by molar-refractivity contribution is 7.17. The zero-order valence-electron chi connectivity index (χ0n) is 10.2. The molecule has 0 unspecified atom stereocenters. The van der Waals surface area contributed by atoms with E-state index in [2.05, 4.69) is 27.5 Å². The van der Waals surface area contributed by atoms with Crippen molar-refractivity contribution in [1.29, 1.82) is 0 Å². The normalized spacial score (nSPS) is 21.3. The summed E-state index contributed by atoms with van der Waals surface area (Å²) in [4.78, 5) is 2.34. The van der Waals surface area contributed by atoms with Crippen molar-refractivity contribution >= 4 is 38.8 Å². The summed E-state index contributed by atoms with van der Waals surface area (Å²) in [6.45, 7) is 2.23. The van der Waals surface area contributed by atoms with Crippen molar-refractivity contribution in [3.8, 4) is 0 Å². The number of fused-ring (bicyclic) bond motifs is 1. The van der Waals surface area contributed by atoms with Gasteiger partial charge in [0.15, 0.2) is 11.0 Å². The summed E-state index contributed by atoms with van der Waals surface area (Å²) in [5.74, 6) is 0.865. The molecule has 4 nitrogen and oxygen atoms in total. The van der Waals surface area contributed by atoms with Gasteiger partial charge in [0.05, 0.1) is 4.70 Å². The molecule has 1 fully saturated rings. The predicted molar refractivity (Wildman–Crippen MR) is 76.6 cm³/mol. The van der Waals surface area contributed by atoms with E-state index in [-0.39, 0.29) is 0 Å². The van der Waals surface area contributed by atoms with Crippen molar-refractivity contribution in [3.05, 3.63) is 16.6 Å². The van der Waals surface area contributed by atoms with Crippen LogP contribution >= 0.6 is 22.9 Å². The number of rotatable bonds is 2. The second kappa shape index (κ2) is 4.99. The van der Waals surface area contributed by atoms with Gasteiger partial charge >= 0.3 is 0 Å². The summed E-state index contributed by atoms with van der Waals surface area (Å²) in [5.41, 5.74) is 0. The van der Waals surface area contributed by atoms with Gasteiger partial charge in [-0.25, -0.2) is 0 Å². The number of halogens is 1. The molecule has 3 heterocycles. The van der Waals surface area contributed by atoms with Crippen LogP contribution in [0.5, 0.6) is 0 Å². The van der Waals surface area contributed by atoms with Gasteiger partial charge in [0.1, 0.15) is 0 Å². The summed E-state index contributed by atoms with van der Waals surface area (Å²) in [5, 5.41) is 15.2. The number of hydrogen-bond acceptors (Lipinski definition) is 5. The number of piperidine rings is 1. The van der Waals surface area contributed by atoms with E-state index in [9.17, 15) is 0 Å². The summed E-state index contributed by atoms with van der Waals surface area (Å²) in [6.07, 6.45) is 2.41. The van der Waals surface area contributed by atoms with Crippen molar-refractivity contribution in [2.45, 2.75) is 18.9 Å². The van der Waals surface area contributed by atoms with Crippen LogP contribution in [0.15, 0.2) is 11.4 Å². The fraction of sp³-hybridized carbons (Fsp3) is 0.500. The lowest BCUT2D eigenvalue weighted by Crippen LogP contribution is -2.39. The Labute approximate surface area is 115 Å². The van der Waals surface area contributed by atoms with Crippen molar-refractivity contribution < 1.29 is 0 Å². The fourth-order valence-electron chi connectivity index (χ4n) is 2.42. The third-order valence-electron chi connectivity index (χ3n) is 3.31. The molecule has 1 aliphatic rings. The molecule has 1 aliphatic heterocycles. The summed E-state index contributed by atoms with van der Waals surface area (Å²) >= 11 is 7.69. The number of hydrogen-bond donors (Lipinski definition) is 1. The Morgan fingerprint density at radius 3 is 3.22 bits per heavy atom. The van der Waals surface area contributed by atoms with E-state index in [0.717, 1.165) is 22.4 Å². The molecule has 1 N–H and O–H groups in total. The van der Waals surface area contributed by atoms with Gasteiger partial charge in [-0.3, -0.25) is 0 Å². The number of thiophene rings is 1. The van der Waals surface area contributed by atoms with Crippen molar-refractivity contribution in [3.63, 3.8) is 0 Å². The van der Waals surface area contributed by atoms with E-state index in [1.165, 1.54) is 19.4 Å². The summed E-state index contributed by atoms with van der Waals surface area (Å²) in [7, 11) is 2.15. The van der Waals surface area contributed by atoms with E-state index in [4.69, 9.17) is 11.6 Å². The zero-order chi connectivity index (χ0) is 12.5. The van der Waals surface area contributed by atoms with E-state index in [1.54, 1.807) is 11.3 Å².